The second-order valence-corrected chi connectivity index (χ2v) is 5.32. The van der Waals surface area contributed by atoms with Gasteiger partial charge in [-0.05, 0) is 18.6 Å². The van der Waals surface area contributed by atoms with Gasteiger partial charge in [-0.25, -0.2) is 4.98 Å². The summed E-state index contributed by atoms with van der Waals surface area (Å²) in [4.78, 5) is 31.3. The number of hydrogen-bond acceptors (Lipinski definition) is 6. The first kappa shape index (κ1) is 14.0. The molecule has 2 aromatic heterocycles. The van der Waals surface area contributed by atoms with Crippen LogP contribution in [0.25, 0.3) is 11.2 Å². The fourth-order valence-corrected chi connectivity index (χ4v) is 2.43. The van der Waals surface area contributed by atoms with Gasteiger partial charge in [-0.2, -0.15) is 9.97 Å². The number of aromatic amines is 1. The van der Waals surface area contributed by atoms with Gasteiger partial charge in [-0.3, -0.25) is 4.79 Å². The van der Waals surface area contributed by atoms with Crippen molar-refractivity contribution in [3.8, 4) is 0 Å². The molecule has 0 saturated carbocycles. The Kier molecular flexibility index (Phi) is 3.89. The molecule has 8 nitrogen and oxygen atoms in total. The number of carbonyl (C=O) groups excluding carboxylic acids is 1. The molecule has 1 aliphatic heterocycles. The highest BCUT2D eigenvalue weighted by Gasteiger charge is 2.19. The average molecular weight is 310 g/mol. The van der Waals surface area contributed by atoms with Crippen LogP contribution >= 0.6 is 11.6 Å². The quantitative estimate of drug-likeness (QED) is 0.787. The van der Waals surface area contributed by atoms with Crippen LogP contribution in [-0.4, -0.2) is 75.4 Å². The maximum absolute atomic E-state index is 12.2. The van der Waals surface area contributed by atoms with Crippen LogP contribution in [0.5, 0.6) is 0 Å². The number of aromatic nitrogens is 4. The number of fused-ring (bicyclic) bond motifs is 1. The Morgan fingerprint density at radius 3 is 2.90 bits per heavy atom. The Labute approximate surface area is 126 Å². The van der Waals surface area contributed by atoms with Gasteiger partial charge in [-0.1, -0.05) is 0 Å². The van der Waals surface area contributed by atoms with Crippen LogP contribution in [0.4, 0.5) is 5.82 Å². The number of carbonyl (C=O) groups is 1. The molecule has 0 bridgehead atoms. The summed E-state index contributed by atoms with van der Waals surface area (Å²) in [7, 11) is 2.05. The molecule has 21 heavy (non-hydrogen) atoms. The van der Waals surface area contributed by atoms with Gasteiger partial charge in [0.2, 0.25) is 11.2 Å². The van der Waals surface area contributed by atoms with Gasteiger partial charge < -0.3 is 20.1 Å². The van der Waals surface area contributed by atoms with Crippen molar-refractivity contribution < 1.29 is 4.79 Å². The summed E-state index contributed by atoms with van der Waals surface area (Å²) in [5.41, 5.74) is 1.12. The van der Waals surface area contributed by atoms with Crippen molar-refractivity contribution in [2.45, 2.75) is 0 Å². The van der Waals surface area contributed by atoms with Gasteiger partial charge in [0.15, 0.2) is 11.5 Å². The van der Waals surface area contributed by atoms with Crippen LogP contribution < -0.4 is 5.32 Å². The third-order valence-corrected chi connectivity index (χ3v) is 3.69. The molecule has 9 heteroatoms. The first-order valence-electron chi connectivity index (χ1n) is 6.70. The molecule has 2 aromatic rings. The molecule has 1 fully saturated rings. The lowest BCUT2D eigenvalue weighted by Gasteiger charge is -2.32. The van der Waals surface area contributed by atoms with E-state index in [1.54, 1.807) is 0 Å². The highest BCUT2D eigenvalue weighted by molar-refractivity contribution is 6.28. The lowest BCUT2D eigenvalue weighted by Crippen LogP contribution is -2.48. The minimum Gasteiger partial charge on any atom is -0.359 e. The second kappa shape index (κ2) is 5.82. The molecule has 0 spiro atoms. The van der Waals surface area contributed by atoms with Crippen molar-refractivity contribution in [3.05, 3.63) is 11.6 Å². The first-order valence-corrected chi connectivity index (χ1v) is 7.08. The lowest BCUT2D eigenvalue weighted by atomic mass is 10.3. The van der Waals surface area contributed by atoms with E-state index in [2.05, 4.69) is 37.2 Å². The molecule has 1 amide bonds. The largest absolute Gasteiger partial charge is 0.359 e. The zero-order valence-corrected chi connectivity index (χ0v) is 12.4. The highest BCUT2D eigenvalue weighted by Crippen LogP contribution is 2.18. The van der Waals surface area contributed by atoms with Crippen molar-refractivity contribution in [3.63, 3.8) is 0 Å². The SMILES string of the molecule is CN1CCN(C(=O)CNc2nc(Cl)nc3nc[nH]c23)CC1. The number of nitrogens with one attached hydrogen (secondary N) is 2. The molecule has 0 atom stereocenters. The smallest absolute Gasteiger partial charge is 0.242 e. The average Bonchev–Trinajstić information content (AvgIpc) is 2.93. The molecular formula is C12H16ClN7O. The van der Waals surface area contributed by atoms with Gasteiger partial charge >= 0.3 is 0 Å². The van der Waals surface area contributed by atoms with Crippen LogP contribution in [0.1, 0.15) is 0 Å². The molecule has 1 aliphatic rings. The number of likely N-dealkylation sites (N-methyl/N-ethyl adjacent to an activating group) is 1. The van der Waals surface area contributed by atoms with E-state index < -0.39 is 0 Å². The molecule has 1 saturated heterocycles. The van der Waals surface area contributed by atoms with Crippen LogP contribution in [0.3, 0.4) is 0 Å². The summed E-state index contributed by atoms with van der Waals surface area (Å²) in [5.74, 6) is 0.537. The number of H-pyrrole nitrogens is 1. The first-order chi connectivity index (χ1) is 10.1. The van der Waals surface area contributed by atoms with E-state index in [0.29, 0.717) is 17.0 Å². The molecule has 0 unspecified atom stereocenters. The fraction of sp³-hybridized carbons (Fsp3) is 0.500. The molecule has 0 aliphatic carbocycles. The van der Waals surface area contributed by atoms with Gasteiger partial charge in [0.05, 0.1) is 12.9 Å². The Morgan fingerprint density at radius 1 is 1.38 bits per heavy atom. The molecule has 112 valence electrons. The standard InChI is InChI=1S/C12H16ClN7O/c1-19-2-4-20(5-3-19)8(21)6-14-10-9-11(16-7-15-9)18-12(13)17-10/h7H,2-6H2,1H3,(H2,14,15,16,17,18). The Balaban J connectivity index is 1.66. The number of hydrogen-bond donors (Lipinski definition) is 2. The number of nitrogens with zero attached hydrogens (tertiary/aromatic N) is 5. The van der Waals surface area contributed by atoms with Crippen LogP contribution in [-0.2, 0) is 4.79 Å². The van der Waals surface area contributed by atoms with Gasteiger partial charge in [-0.15, -0.1) is 0 Å². The van der Waals surface area contributed by atoms with E-state index in [1.807, 2.05) is 4.90 Å². The van der Waals surface area contributed by atoms with E-state index >= 15 is 0 Å². The normalized spacial score (nSPS) is 16.4. The van der Waals surface area contributed by atoms with E-state index in [-0.39, 0.29) is 17.7 Å². The van der Waals surface area contributed by atoms with Crippen LogP contribution in [0, 0.1) is 0 Å². The van der Waals surface area contributed by atoms with Crippen molar-refractivity contribution in [2.75, 3.05) is 45.1 Å². The fourth-order valence-electron chi connectivity index (χ4n) is 2.26. The van der Waals surface area contributed by atoms with E-state index in [4.69, 9.17) is 11.6 Å². The molecule has 2 N–H and O–H groups in total. The Morgan fingerprint density at radius 2 is 2.14 bits per heavy atom. The molecular weight excluding hydrogens is 294 g/mol. The molecule has 0 radical (unpaired) electrons. The van der Waals surface area contributed by atoms with Crippen LogP contribution in [0.15, 0.2) is 6.33 Å². The third kappa shape index (κ3) is 3.06. The number of halogens is 1. The third-order valence-electron chi connectivity index (χ3n) is 3.52. The summed E-state index contributed by atoms with van der Waals surface area (Å²) >= 11 is 5.84. The maximum Gasteiger partial charge on any atom is 0.242 e. The van der Waals surface area contributed by atoms with Gasteiger partial charge in [0.25, 0.3) is 0 Å². The number of imidazole rings is 1. The minimum atomic E-state index is 0.0468. The highest BCUT2D eigenvalue weighted by atomic mass is 35.5. The molecule has 0 aromatic carbocycles. The maximum atomic E-state index is 12.2. The summed E-state index contributed by atoms with van der Waals surface area (Å²) in [6.07, 6.45) is 1.52. The lowest BCUT2D eigenvalue weighted by molar-refractivity contribution is -0.130. The molecule has 3 rings (SSSR count). The van der Waals surface area contributed by atoms with E-state index in [1.165, 1.54) is 6.33 Å². The van der Waals surface area contributed by atoms with Gasteiger partial charge in [0, 0.05) is 26.2 Å². The van der Waals surface area contributed by atoms with Crippen molar-refractivity contribution in [1.82, 2.24) is 29.7 Å². The number of piperazine rings is 1. The Hall–Kier alpha value is -1.93. The topological polar surface area (TPSA) is 90.0 Å². The number of rotatable bonds is 3. The predicted molar refractivity (Wildman–Crippen MR) is 79.3 cm³/mol. The Bertz CT molecular complexity index is 650. The predicted octanol–water partition coefficient (Wildman–Crippen LogP) is 0.192. The second-order valence-electron chi connectivity index (χ2n) is 4.98. The van der Waals surface area contributed by atoms with Crippen molar-refractivity contribution >= 4 is 34.5 Å². The van der Waals surface area contributed by atoms with Crippen molar-refractivity contribution in [2.24, 2.45) is 0 Å². The zero-order valence-electron chi connectivity index (χ0n) is 11.6. The summed E-state index contributed by atoms with van der Waals surface area (Å²) < 4.78 is 0. The minimum absolute atomic E-state index is 0.0468. The summed E-state index contributed by atoms with van der Waals surface area (Å²) in [5, 5.41) is 3.11. The van der Waals surface area contributed by atoms with Crippen LogP contribution in [0.2, 0.25) is 5.28 Å². The zero-order chi connectivity index (χ0) is 14.8. The van der Waals surface area contributed by atoms with Crippen molar-refractivity contribution in [1.29, 1.82) is 0 Å². The van der Waals surface area contributed by atoms with E-state index in [0.717, 1.165) is 26.2 Å². The monoisotopic (exact) mass is 309 g/mol. The van der Waals surface area contributed by atoms with E-state index in [9.17, 15) is 4.79 Å². The number of anilines is 1. The summed E-state index contributed by atoms with van der Waals surface area (Å²) in [6, 6.07) is 0. The summed E-state index contributed by atoms with van der Waals surface area (Å²) in [6.45, 7) is 3.47. The number of amides is 1. The molecule has 3 heterocycles. The van der Waals surface area contributed by atoms with Gasteiger partial charge in [0.1, 0.15) is 5.52 Å².